The van der Waals surface area contributed by atoms with Gasteiger partial charge in [0, 0.05) is 6.42 Å². The maximum atomic E-state index is 12.4. The fraction of sp³-hybridized carbons (Fsp3) is 0.562. The summed E-state index contributed by atoms with van der Waals surface area (Å²) in [4.78, 5) is 12.4. The summed E-state index contributed by atoms with van der Waals surface area (Å²) in [6.07, 6.45) is 3.98. The molecule has 0 aromatic heterocycles. The van der Waals surface area contributed by atoms with Gasteiger partial charge in [-0.25, -0.2) is 0 Å². The molecule has 0 saturated carbocycles. The van der Waals surface area contributed by atoms with E-state index < -0.39 is 0 Å². The summed E-state index contributed by atoms with van der Waals surface area (Å²) < 4.78 is 5.67. The van der Waals surface area contributed by atoms with Crippen LogP contribution in [0.1, 0.15) is 43.0 Å². The molecule has 0 atom stereocenters. The molecule has 2 nitrogen and oxygen atoms in total. The topological polar surface area (TPSA) is 26.3 Å². The van der Waals surface area contributed by atoms with Crippen LogP contribution in [0.2, 0.25) is 0 Å². The number of carbonyl (C=O) groups excluding carboxylic acids is 1. The molecule has 1 aliphatic heterocycles. The summed E-state index contributed by atoms with van der Waals surface area (Å²) in [5.41, 5.74) is 0.758. The second kappa shape index (κ2) is 7.59. The van der Waals surface area contributed by atoms with E-state index in [0.29, 0.717) is 18.9 Å². The molecule has 0 N–H and O–H groups in total. The highest BCUT2D eigenvalue weighted by Gasteiger charge is 2.20. The van der Waals surface area contributed by atoms with Crippen molar-refractivity contribution in [2.75, 3.05) is 18.1 Å². The van der Waals surface area contributed by atoms with Crippen molar-refractivity contribution in [1.29, 1.82) is 0 Å². The predicted molar refractivity (Wildman–Crippen MR) is 81.2 cm³/mol. The fourth-order valence-corrected chi connectivity index (χ4v) is 3.56. The van der Waals surface area contributed by atoms with E-state index >= 15 is 0 Å². The van der Waals surface area contributed by atoms with E-state index in [2.05, 4.69) is 6.92 Å². The molecule has 3 heteroatoms. The number of ether oxygens (including phenoxy) is 1. The van der Waals surface area contributed by atoms with Gasteiger partial charge in [0.2, 0.25) is 0 Å². The zero-order valence-electron chi connectivity index (χ0n) is 11.6. The Morgan fingerprint density at radius 2 is 2.05 bits per heavy atom. The molecule has 1 heterocycles. The van der Waals surface area contributed by atoms with Crippen LogP contribution >= 0.6 is 11.8 Å². The second-order valence-corrected chi connectivity index (χ2v) is 6.25. The van der Waals surface area contributed by atoms with E-state index in [4.69, 9.17) is 4.74 Å². The van der Waals surface area contributed by atoms with Gasteiger partial charge < -0.3 is 4.74 Å². The van der Waals surface area contributed by atoms with Gasteiger partial charge in [-0.3, -0.25) is 4.79 Å². The summed E-state index contributed by atoms with van der Waals surface area (Å²) in [6, 6.07) is 7.65. The minimum atomic E-state index is 0.239. The molecule has 0 aliphatic carbocycles. The molecular formula is C16H22O2S. The quantitative estimate of drug-likeness (QED) is 0.730. The summed E-state index contributed by atoms with van der Waals surface area (Å²) in [5.74, 6) is 3.95. The van der Waals surface area contributed by atoms with Crippen LogP contribution in [0.5, 0.6) is 5.75 Å². The van der Waals surface area contributed by atoms with Gasteiger partial charge in [-0.05, 0) is 48.8 Å². The average Bonchev–Trinajstić information content (AvgIpc) is 2.46. The van der Waals surface area contributed by atoms with E-state index in [1.165, 1.54) is 24.3 Å². The lowest BCUT2D eigenvalue weighted by Gasteiger charge is -2.21. The van der Waals surface area contributed by atoms with Gasteiger partial charge in [-0.15, -0.1) is 0 Å². The van der Waals surface area contributed by atoms with E-state index in [0.717, 1.165) is 17.7 Å². The number of benzene rings is 1. The Balaban J connectivity index is 2.00. The Kier molecular flexibility index (Phi) is 5.77. The number of rotatable bonds is 6. The zero-order chi connectivity index (χ0) is 13.5. The molecule has 104 valence electrons. The number of para-hydroxylation sites is 1. The first-order chi connectivity index (χ1) is 9.31. The van der Waals surface area contributed by atoms with E-state index in [1.54, 1.807) is 0 Å². The van der Waals surface area contributed by atoms with Crippen LogP contribution in [0.3, 0.4) is 0 Å². The highest BCUT2D eigenvalue weighted by atomic mass is 32.2. The molecule has 0 spiro atoms. The molecule has 1 aromatic carbocycles. The first-order valence-electron chi connectivity index (χ1n) is 7.14. The van der Waals surface area contributed by atoms with Crippen molar-refractivity contribution in [1.82, 2.24) is 0 Å². The van der Waals surface area contributed by atoms with Crippen molar-refractivity contribution in [2.24, 2.45) is 5.92 Å². The van der Waals surface area contributed by atoms with Crippen LogP contribution in [0, 0.1) is 5.92 Å². The molecule has 1 aromatic rings. The Labute approximate surface area is 119 Å². The minimum absolute atomic E-state index is 0.239. The van der Waals surface area contributed by atoms with Gasteiger partial charge in [0.15, 0.2) is 5.78 Å². The SMILES string of the molecule is CCCOc1ccccc1C(=O)CC1CCSCC1. The van der Waals surface area contributed by atoms with Gasteiger partial charge in [0.25, 0.3) is 0 Å². The van der Waals surface area contributed by atoms with Crippen molar-refractivity contribution in [3.05, 3.63) is 29.8 Å². The zero-order valence-corrected chi connectivity index (χ0v) is 12.4. The van der Waals surface area contributed by atoms with Crippen LogP contribution < -0.4 is 4.74 Å². The molecule has 19 heavy (non-hydrogen) atoms. The molecule has 1 aliphatic rings. The third kappa shape index (κ3) is 4.27. The summed E-state index contributed by atoms with van der Waals surface area (Å²) in [7, 11) is 0. The Morgan fingerprint density at radius 3 is 2.79 bits per heavy atom. The summed E-state index contributed by atoms with van der Waals surface area (Å²) in [6.45, 7) is 2.74. The van der Waals surface area contributed by atoms with Crippen LogP contribution in [0.25, 0.3) is 0 Å². The first-order valence-corrected chi connectivity index (χ1v) is 8.29. The molecule has 0 bridgehead atoms. The number of ketones is 1. The number of hydrogen-bond acceptors (Lipinski definition) is 3. The molecule has 0 unspecified atom stereocenters. The van der Waals surface area contributed by atoms with Crippen molar-refractivity contribution >= 4 is 17.5 Å². The normalized spacial score (nSPS) is 16.3. The number of carbonyl (C=O) groups is 1. The Morgan fingerprint density at radius 1 is 1.32 bits per heavy atom. The van der Waals surface area contributed by atoms with Crippen LogP contribution in [0.4, 0.5) is 0 Å². The maximum Gasteiger partial charge on any atom is 0.166 e. The van der Waals surface area contributed by atoms with Crippen LogP contribution in [-0.4, -0.2) is 23.9 Å². The maximum absolute atomic E-state index is 12.4. The highest BCUT2D eigenvalue weighted by molar-refractivity contribution is 7.99. The van der Waals surface area contributed by atoms with E-state index in [1.807, 2.05) is 36.0 Å². The van der Waals surface area contributed by atoms with Gasteiger partial charge in [0.1, 0.15) is 5.75 Å². The molecule has 1 fully saturated rings. The first kappa shape index (κ1) is 14.4. The lowest BCUT2D eigenvalue weighted by Crippen LogP contribution is -2.15. The number of Topliss-reactive ketones (excluding diaryl/α,β-unsaturated/α-hetero) is 1. The predicted octanol–water partition coefficient (Wildman–Crippen LogP) is 4.19. The van der Waals surface area contributed by atoms with E-state index in [9.17, 15) is 4.79 Å². The van der Waals surface area contributed by atoms with Crippen molar-refractivity contribution < 1.29 is 9.53 Å². The van der Waals surface area contributed by atoms with Gasteiger partial charge in [-0.1, -0.05) is 19.1 Å². The number of thioether (sulfide) groups is 1. The fourth-order valence-electron chi connectivity index (χ4n) is 2.36. The lowest BCUT2D eigenvalue weighted by atomic mass is 9.93. The Hall–Kier alpha value is -0.960. The second-order valence-electron chi connectivity index (χ2n) is 5.03. The van der Waals surface area contributed by atoms with Gasteiger partial charge >= 0.3 is 0 Å². The minimum Gasteiger partial charge on any atom is -0.493 e. The molecule has 0 radical (unpaired) electrons. The Bertz CT molecular complexity index is 411. The van der Waals surface area contributed by atoms with Crippen LogP contribution in [-0.2, 0) is 0 Å². The number of hydrogen-bond donors (Lipinski definition) is 0. The highest BCUT2D eigenvalue weighted by Crippen LogP contribution is 2.28. The van der Waals surface area contributed by atoms with Crippen molar-refractivity contribution in [2.45, 2.75) is 32.6 Å². The largest absolute Gasteiger partial charge is 0.493 e. The van der Waals surface area contributed by atoms with Gasteiger partial charge in [-0.2, -0.15) is 11.8 Å². The average molecular weight is 278 g/mol. The van der Waals surface area contributed by atoms with Crippen LogP contribution in [0.15, 0.2) is 24.3 Å². The third-order valence-electron chi connectivity index (χ3n) is 3.46. The molecule has 0 amide bonds. The monoisotopic (exact) mass is 278 g/mol. The van der Waals surface area contributed by atoms with Crippen molar-refractivity contribution in [3.63, 3.8) is 0 Å². The molecular weight excluding hydrogens is 256 g/mol. The standard InChI is InChI=1S/C16H22O2S/c1-2-9-18-16-6-4-3-5-14(16)15(17)12-13-7-10-19-11-8-13/h3-6,13H,2,7-12H2,1H3. The molecule has 1 saturated heterocycles. The van der Waals surface area contributed by atoms with Crippen molar-refractivity contribution in [3.8, 4) is 5.75 Å². The smallest absolute Gasteiger partial charge is 0.166 e. The molecule has 2 rings (SSSR count). The van der Waals surface area contributed by atoms with E-state index in [-0.39, 0.29) is 5.78 Å². The third-order valence-corrected chi connectivity index (χ3v) is 4.51. The van der Waals surface area contributed by atoms with Gasteiger partial charge in [0.05, 0.1) is 12.2 Å². The summed E-state index contributed by atoms with van der Waals surface area (Å²) in [5, 5.41) is 0. The lowest BCUT2D eigenvalue weighted by molar-refractivity contribution is 0.0954. The summed E-state index contributed by atoms with van der Waals surface area (Å²) >= 11 is 2.00.